The number of carbonyl (C=O) groups excluding carboxylic acids is 3. The Morgan fingerprint density at radius 3 is 2.39 bits per heavy atom. The topological polar surface area (TPSA) is 87.7 Å². The first kappa shape index (κ1) is 22.4. The highest BCUT2D eigenvalue weighted by atomic mass is 35.5. The summed E-state index contributed by atoms with van der Waals surface area (Å²) in [6, 6.07) is 3.44. The SMILES string of the molecule is CN(Cc1ccc(Cl)s1)C(=O)COC(=O)CCNC(=O)NC12CC3CC(CC(C3)C1)C2. The fourth-order valence-electron chi connectivity index (χ4n) is 5.91. The summed E-state index contributed by atoms with van der Waals surface area (Å²) in [5.41, 5.74) is -0.0524. The number of ether oxygens (including phenoxy) is 1. The zero-order valence-electron chi connectivity index (χ0n) is 17.8. The van der Waals surface area contributed by atoms with E-state index in [0.29, 0.717) is 10.9 Å². The molecule has 0 aliphatic heterocycles. The third-order valence-electron chi connectivity index (χ3n) is 6.84. The highest BCUT2D eigenvalue weighted by molar-refractivity contribution is 7.16. The van der Waals surface area contributed by atoms with Crippen LogP contribution in [0.5, 0.6) is 0 Å². The van der Waals surface area contributed by atoms with Crippen molar-refractivity contribution in [2.45, 2.75) is 57.0 Å². The van der Waals surface area contributed by atoms with Gasteiger partial charge in [-0.1, -0.05) is 11.6 Å². The minimum absolute atomic E-state index is 0.0336. The molecular formula is C22H30ClN3O4S. The zero-order valence-corrected chi connectivity index (χ0v) is 19.4. The molecule has 0 saturated heterocycles. The van der Waals surface area contributed by atoms with E-state index in [-0.39, 0.29) is 37.0 Å². The molecule has 5 rings (SSSR count). The minimum Gasteiger partial charge on any atom is -0.456 e. The van der Waals surface area contributed by atoms with Crippen molar-refractivity contribution in [3.8, 4) is 0 Å². The van der Waals surface area contributed by atoms with Crippen molar-refractivity contribution in [1.82, 2.24) is 15.5 Å². The average molecular weight is 468 g/mol. The van der Waals surface area contributed by atoms with Crippen LogP contribution in [-0.4, -0.2) is 48.5 Å². The normalized spacial score (nSPS) is 28.3. The molecule has 0 spiro atoms. The van der Waals surface area contributed by atoms with Crippen molar-refractivity contribution >= 4 is 40.8 Å². The highest BCUT2D eigenvalue weighted by Gasteiger charge is 2.51. The second-order valence-electron chi connectivity index (χ2n) is 9.45. The summed E-state index contributed by atoms with van der Waals surface area (Å²) in [6.07, 6.45) is 7.26. The second kappa shape index (κ2) is 9.36. The van der Waals surface area contributed by atoms with Crippen LogP contribution in [0.3, 0.4) is 0 Å². The van der Waals surface area contributed by atoms with Crippen LogP contribution < -0.4 is 10.6 Å². The van der Waals surface area contributed by atoms with E-state index in [2.05, 4.69) is 10.6 Å². The number of urea groups is 1. The van der Waals surface area contributed by atoms with Gasteiger partial charge in [-0.15, -0.1) is 11.3 Å². The lowest BCUT2D eigenvalue weighted by Gasteiger charge is -2.56. The number of hydrogen-bond donors (Lipinski definition) is 2. The van der Waals surface area contributed by atoms with Gasteiger partial charge >= 0.3 is 12.0 Å². The molecule has 7 nitrogen and oxygen atoms in total. The summed E-state index contributed by atoms with van der Waals surface area (Å²) in [5.74, 6) is 1.48. The molecule has 9 heteroatoms. The fraction of sp³-hybridized carbons (Fsp3) is 0.682. The van der Waals surface area contributed by atoms with Gasteiger partial charge in [0.25, 0.3) is 5.91 Å². The van der Waals surface area contributed by atoms with Crippen LogP contribution in [0.4, 0.5) is 4.79 Å². The molecule has 0 atom stereocenters. The number of halogens is 1. The van der Waals surface area contributed by atoms with Crippen LogP contribution in [0.2, 0.25) is 4.34 Å². The molecule has 1 heterocycles. The van der Waals surface area contributed by atoms with Gasteiger partial charge < -0.3 is 20.3 Å². The molecule has 170 valence electrons. The summed E-state index contributed by atoms with van der Waals surface area (Å²) >= 11 is 7.31. The molecule has 4 fully saturated rings. The first-order valence-electron chi connectivity index (χ1n) is 11.0. The van der Waals surface area contributed by atoms with Crippen LogP contribution in [-0.2, 0) is 20.9 Å². The summed E-state index contributed by atoms with van der Waals surface area (Å²) in [6.45, 7) is 0.294. The maximum absolute atomic E-state index is 12.4. The molecule has 4 bridgehead atoms. The Morgan fingerprint density at radius 2 is 1.81 bits per heavy atom. The maximum Gasteiger partial charge on any atom is 0.315 e. The van der Waals surface area contributed by atoms with Gasteiger partial charge in [-0.25, -0.2) is 4.79 Å². The van der Waals surface area contributed by atoms with Crippen LogP contribution in [0.25, 0.3) is 0 Å². The van der Waals surface area contributed by atoms with Crippen molar-refractivity contribution in [3.05, 3.63) is 21.3 Å². The number of nitrogens with one attached hydrogen (secondary N) is 2. The fourth-order valence-corrected chi connectivity index (χ4v) is 7.05. The molecule has 1 aromatic rings. The zero-order chi connectivity index (χ0) is 22.0. The molecule has 0 unspecified atom stereocenters. The maximum atomic E-state index is 12.4. The largest absolute Gasteiger partial charge is 0.456 e. The minimum atomic E-state index is -0.504. The van der Waals surface area contributed by atoms with Gasteiger partial charge in [0.05, 0.1) is 17.3 Å². The molecular weight excluding hydrogens is 438 g/mol. The quantitative estimate of drug-likeness (QED) is 0.572. The molecule has 31 heavy (non-hydrogen) atoms. The van der Waals surface area contributed by atoms with Crippen molar-refractivity contribution < 1.29 is 19.1 Å². The van der Waals surface area contributed by atoms with E-state index in [1.807, 2.05) is 6.07 Å². The predicted octanol–water partition coefficient (Wildman–Crippen LogP) is 3.56. The lowest BCUT2D eigenvalue weighted by atomic mass is 9.53. The van der Waals surface area contributed by atoms with E-state index in [1.165, 1.54) is 35.5 Å². The Hall–Kier alpha value is -1.80. The number of rotatable bonds is 8. The molecule has 2 N–H and O–H groups in total. The van der Waals surface area contributed by atoms with Gasteiger partial charge in [-0.05, 0) is 68.4 Å². The lowest BCUT2D eigenvalue weighted by Crippen LogP contribution is -2.61. The molecule has 0 radical (unpaired) electrons. The first-order chi connectivity index (χ1) is 14.8. The Balaban J connectivity index is 1.12. The van der Waals surface area contributed by atoms with Gasteiger partial charge in [0.1, 0.15) is 0 Å². The number of amides is 3. The summed E-state index contributed by atoms with van der Waals surface area (Å²) < 4.78 is 5.73. The van der Waals surface area contributed by atoms with E-state index in [9.17, 15) is 14.4 Å². The van der Waals surface area contributed by atoms with Crippen LogP contribution in [0.1, 0.15) is 49.8 Å². The van der Waals surface area contributed by atoms with Gasteiger partial charge in [0.2, 0.25) is 0 Å². The van der Waals surface area contributed by atoms with Gasteiger partial charge in [0, 0.05) is 24.0 Å². The van der Waals surface area contributed by atoms with Crippen LogP contribution in [0.15, 0.2) is 12.1 Å². The molecule has 4 aliphatic carbocycles. The van der Waals surface area contributed by atoms with Crippen molar-refractivity contribution in [1.29, 1.82) is 0 Å². The van der Waals surface area contributed by atoms with E-state index in [1.54, 1.807) is 13.1 Å². The Kier molecular flexibility index (Phi) is 6.77. The number of hydrogen-bond acceptors (Lipinski definition) is 5. The molecule has 4 aliphatic rings. The van der Waals surface area contributed by atoms with Crippen molar-refractivity contribution in [2.24, 2.45) is 17.8 Å². The Bertz CT molecular complexity index is 807. The summed E-state index contributed by atoms with van der Waals surface area (Å²) in [4.78, 5) is 38.9. The number of thiophene rings is 1. The van der Waals surface area contributed by atoms with Crippen molar-refractivity contribution in [2.75, 3.05) is 20.2 Å². The number of nitrogens with zero attached hydrogens (tertiary/aromatic N) is 1. The Labute approximate surface area is 191 Å². The molecule has 1 aromatic heterocycles. The highest BCUT2D eigenvalue weighted by Crippen LogP contribution is 2.55. The standard InChI is InChI=1S/C22H30ClN3O4S/c1-26(12-17-2-3-18(23)31-17)19(27)13-30-20(28)4-5-24-21(29)25-22-9-14-6-15(10-22)8-16(7-14)11-22/h2-3,14-16H,4-13H2,1H3,(H2,24,25,29). The van der Waals surface area contributed by atoms with E-state index in [0.717, 1.165) is 41.9 Å². The average Bonchev–Trinajstić information content (AvgIpc) is 3.09. The van der Waals surface area contributed by atoms with Crippen LogP contribution in [0, 0.1) is 17.8 Å². The van der Waals surface area contributed by atoms with Crippen LogP contribution >= 0.6 is 22.9 Å². The number of esters is 1. The Morgan fingerprint density at radius 1 is 1.16 bits per heavy atom. The predicted molar refractivity (Wildman–Crippen MR) is 119 cm³/mol. The van der Waals surface area contributed by atoms with E-state index < -0.39 is 5.97 Å². The van der Waals surface area contributed by atoms with Crippen molar-refractivity contribution in [3.63, 3.8) is 0 Å². The second-order valence-corrected chi connectivity index (χ2v) is 11.2. The third-order valence-corrected chi connectivity index (χ3v) is 8.05. The smallest absolute Gasteiger partial charge is 0.315 e. The van der Waals surface area contributed by atoms with Gasteiger partial charge in [-0.3, -0.25) is 9.59 Å². The number of likely N-dealkylation sites (N-methyl/N-ethyl adjacent to an activating group) is 1. The lowest BCUT2D eigenvalue weighted by molar-refractivity contribution is -0.151. The van der Waals surface area contributed by atoms with Gasteiger partial charge in [0.15, 0.2) is 6.61 Å². The number of carbonyl (C=O) groups is 3. The monoisotopic (exact) mass is 467 g/mol. The van der Waals surface area contributed by atoms with Gasteiger partial charge in [-0.2, -0.15) is 0 Å². The molecule has 3 amide bonds. The third kappa shape index (κ3) is 5.71. The first-order valence-corrected chi connectivity index (χ1v) is 12.2. The molecule has 4 saturated carbocycles. The van der Waals surface area contributed by atoms with E-state index in [4.69, 9.17) is 16.3 Å². The molecule has 0 aromatic carbocycles. The summed E-state index contributed by atoms with van der Waals surface area (Å²) in [5, 5.41) is 5.99. The summed E-state index contributed by atoms with van der Waals surface area (Å²) in [7, 11) is 1.65. The van der Waals surface area contributed by atoms with E-state index >= 15 is 0 Å².